The van der Waals surface area contributed by atoms with Gasteiger partial charge in [-0.2, -0.15) is 0 Å². The third kappa shape index (κ3) is 466. The molecule has 0 bridgehead atoms. The zero-order valence-electron chi connectivity index (χ0n) is 3.24. The fourth-order valence-corrected chi connectivity index (χ4v) is 0. The normalized spacial score (nSPS) is 4.80. The van der Waals surface area contributed by atoms with Crippen molar-refractivity contribution in [3.8, 4) is 0 Å². The molecule has 0 rings (SSSR count). The van der Waals surface area contributed by atoms with Crippen molar-refractivity contribution in [1.82, 2.24) is 0 Å². The van der Waals surface area contributed by atoms with E-state index in [2.05, 4.69) is 11.7 Å². The Labute approximate surface area is 37.1 Å². The third-order valence-electron chi connectivity index (χ3n) is 0. The molecule has 0 spiro atoms. The van der Waals surface area contributed by atoms with Crippen LogP contribution in [0.2, 0.25) is 0 Å². The zero-order chi connectivity index (χ0) is 4.71. The van der Waals surface area contributed by atoms with Crippen LogP contribution in [0.4, 0.5) is 0 Å². The van der Waals surface area contributed by atoms with Gasteiger partial charge in [0, 0.05) is 5.88 Å². The topological polar surface area (TPSA) is 52.0 Å². The summed E-state index contributed by atoms with van der Waals surface area (Å²) in [5, 5.41) is 0. The van der Waals surface area contributed by atoms with Crippen molar-refractivity contribution in [3.05, 3.63) is 0 Å². The molecule has 3 heteroatoms. The molecule has 0 aliphatic rings. The van der Waals surface area contributed by atoms with E-state index >= 15 is 0 Å². The molecule has 0 fully saturated rings. The van der Waals surface area contributed by atoms with Crippen LogP contribution in [0.25, 0.3) is 0 Å². The van der Waals surface area contributed by atoms with E-state index in [-0.39, 0.29) is 0 Å². The van der Waals surface area contributed by atoms with Gasteiger partial charge in [0.2, 0.25) is 0 Å². The number of hydrogen-bond donors (Lipinski definition) is 2. The highest BCUT2D eigenvalue weighted by Gasteiger charge is 1.38. The number of alkyl halides is 1. The molecule has 2 nitrogen and oxygen atoms in total. The van der Waals surface area contributed by atoms with Crippen LogP contribution in [-0.2, 0) is 0 Å². The standard InChI is InChI=1S/C2H5Cl.H4N2/c1-2-3;1-2/h2H2,1H3;1-2H2. The molecule has 0 amide bonds. The summed E-state index contributed by atoms with van der Waals surface area (Å²) in [4.78, 5) is 0. The maximum atomic E-state index is 5.00. The van der Waals surface area contributed by atoms with Gasteiger partial charge in [-0.05, 0) is 0 Å². The Bertz CT molecular complexity index is 7.61. The smallest absolute Gasteiger partial charge is 0.0195 e. The van der Waals surface area contributed by atoms with Crippen molar-refractivity contribution >= 4 is 11.6 Å². The molecule has 0 aromatic carbocycles. The van der Waals surface area contributed by atoms with Crippen LogP contribution in [-0.4, -0.2) is 5.88 Å². The second-order valence-electron chi connectivity index (χ2n) is 0.267. The highest BCUT2D eigenvalue weighted by molar-refractivity contribution is 6.17. The molecule has 0 saturated heterocycles. The largest absolute Gasteiger partial charge is 0.274 e. The summed E-state index contributed by atoms with van der Waals surface area (Å²) >= 11 is 5.00. The van der Waals surface area contributed by atoms with Gasteiger partial charge in [0.15, 0.2) is 0 Å². The molecule has 0 radical (unpaired) electrons. The van der Waals surface area contributed by atoms with E-state index in [4.69, 9.17) is 11.6 Å². The van der Waals surface area contributed by atoms with Crippen LogP contribution in [0.3, 0.4) is 0 Å². The van der Waals surface area contributed by atoms with Crippen molar-refractivity contribution in [2.75, 3.05) is 5.88 Å². The van der Waals surface area contributed by atoms with Crippen molar-refractivity contribution in [3.63, 3.8) is 0 Å². The molecular weight excluding hydrogens is 87.5 g/mol. The lowest BCUT2D eigenvalue weighted by atomic mass is 11.0. The molecule has 34 valence electrons. The first-order valence-electron chi connectivity index (χ1n) is 1.31. The highest BCUT2D eigenvalue weighted by atomic mass is 35.5. The van der Waals surface area contributed by atoms with Gasteiger partial charge in [0.1, 0.15) is 0 Å². The summed E-state index contributed by atoms with van der Waals surface area (Å²) in [6, 6.07) is 0. The monoisotopic (exact) mass is 96.0 g/mol. The average molecular weight is 96.6 g/mol. The minimum Gasteiger partial charge on any atom is -0.274 e. The van der Waals surface area contributed by atoms with Crippen molar-refractivity contribution in [2.45, 2.75) is 6.92 Å². The Morgan fingerprint density at radius 2 is 1.60 bits per heavy atom. The van der Waals surface area contributed by atoms with Crippen LogP contribution in [0, 0.1) is 0 Å². The number of nitrogens with two attached hydrogens (primary N) is 2. The van der Waals surface area contributed by atoms with Gasteiger partial charge in [-0.25, -0.2) is 0 Å². The predicted molar refractivity (Wildman–Crippen MR) is 24.8 cm³/mol. The first-order chi connectivity index (χ1) is 2.41. The van der Waals surface area contributed by atoms with Gasteiger partial charge in [-0.3, -0.25) is 11.7 Å². The summed E-state index contributed by atoms with van der Waals surface area (Å²) in [6.07, 6.45) is 0. The molecule has 4 N–H and O–H groups in total. The second-order valence-corrected chi connectivity index (χ2v) is 0.802. The highest BCUT2D eigenvalue weighted by Crippen LogP contribution is 1.59. The molecule has 0 unspecified atom stereocenters. The molecular formula is C2H9ClN2. The zero-order valence-corrected chi connectivity index (χ0v) is 4.00. The van der Waals surface area contributed by atoms with E-state index in [1.165, 1.54) is 0 Å². The lowest BCUT2D eigenvalue weighted by molar-refractivity contribution is 1.26. The Balaban J connectivity index is 0. The van der Waals surface area contributed by atoms with Crippen LogP contribution in [0.5, 0.6) is 0 Å². The molecule has 0 heterocycles. The van der Waals surface area contributed by atoms with Gasteiger partial charge in [-0.1, -0.05) is 6.92 Å². The molecule has 0 aromatic heterocycles. The molecule has 0 atom stereocenters. The quantitative estimate of drug-likeness (QED) is 0.255. The van der Waals surface area contributed by atoms with Crippen LogP contribution in [0.1, 0.15) is 6.92 Å². The summed E-state index contributed by atoms with van der Waals surface area (Å²) in [6.45, 7) is 1.89. The number of hydrazine groups is 1. The SMILES string of the molecule is CCCl.NN. The van der Waals surface area contributed by atoms with E-state index in [1.807, 2.05) is 6.92 Å². The number of rotatable bonds is 0. The van der Waals surface area contributed by atoms with E-state index < -0.39 is 0 Å². The Morgan fingerprint density at radius 3 is 1.60 bits per heavy atom. The first kappa shape index (κ1) is 8.96. The first-order valence-corrected chi connectivity index (χ1v) is 1.84. The summed E-state index contributed by atoms with van der Waals surface area (Å²) in [7, 11) is 0. The van der Waals surface area contributed by atoms with Crippen molar-refractivity contribution < 1.29 is 0 Å². The van der Waals surface area contributed by atoms with Gasteiger partial charge < -0.3 is 0 Å². The van der Waals surface area contributed by atoms with Gasteiger partial charge in [0.25, 0.3) is 0 Å². The minimum atomic E-state index is 0.722. The average Bonchev–Trinajstić information content (AvgIpc) is 1.46. The molecule has 0 aromatic rings. The number of halogens is 1. The minimum absolute atomic E-state index is 0.722. The fraction of sp³-hybridized carbons (Fsp3) is 1.00. The van der Waals surface area contributed by atoms with E-state index in [0.717, 1.165) is 5.88 Å². The molecule has 0 aliphatic carbocycles. The summed E-state index contributed by atoms with van der Waals surface area (Å²) in [5.41, 5.74) is 0. The summed E-state index contributed by atoms with van der Waals surface area (Å²) in [5.74, 6) is 8.72. The molecule has 5 heavy (non-hydrogen) atoms. The Kier molecular flexibility index (Phi) is 53.1. The summed E-state index contributed by atoms with van der Waals surface area (Å²) < 4.78 is 0. The lowest BCUT2D eigenvalue weighted by Crippen LogP contribution is -2.02. The maximum Gasteiger partial charge on any atom is 0.0195 e. The van der Waals surface area contributed by atoms with E-state index in [1.54, 1.807) is 0 Å². The van der Waals surface area contributed by atoms with E-state index in [0.29, 0.717) is 0 Å². The van der Waals surface area contributed by atoms with Crippen LogP contribution in [0.15, 0.2) is 0 Å². The Morgan fingerprint density at radius 1 is 1.60 bits per heavy atom. The van der Waals surface area contributed by atoms with Crippen LogP contribution >= 0.6 is 11.6 Å². The van der Waals surface area contributed by atoms with Crippen molar-refractivity contribution in [2.24, 2.45) is 11.7 Å². The lowest BCUT2D eigenvalue weighted by Gasteiger charge is -1.45. The molecule has 0 aliphatic heterocycles. The van der Waals surface area contributed by atoms with Crippen molar-refractivity contribution in [1.29, 1.82) is 0 Å². The van der Waals surface area contributed by atoms with Crippen LogP contribution < -0.4 is 11.7 Å². The fourth-order valence-electron chi connectivity index (χ4n) is 0. The number of hydrogen-bond acceptors (Lipinski definition) is 2. The second kappa shape index (κ2) is 29.6. The van der Waals surface area contributed by atoms with E-state index in [9.17, 15) is 0 Å². The third-order valence-corrected chi connectivity index (χ3v) is 0. The Hall–Kier alpha value is 0.210. The van der Waals surface area contributed by atoms with Gasteiger partial charge >= 0.3 is 0 Å². The predicted octanol–water partition coefficient (Wildman–Crippen LogP) is 0.0639. The van der Waals surface area contributed by atoms with Gasteiger partial charge in [0.05, 0.1) is 0 Å². The van der Waals surface area contributed by atoms with Gasteiger partial charge in [-0.15, -0.1) is 11.6 Å². The molecule has 0 saturated carbocycles. The maximum absolute atomic E-state index is 5.00.